The SMILES string of the molecule is COC(=O)C1CCN(C(=O)CSc2ccccc2F)C1. The number of hydrogen-bond donors (Lipinski definition) is 0. The van der Waals surface area contributed by atoms with Crippen LogP contribution in [0.3, 0.4) is 0 Å². The van der Waals surface area contributed by atoms with Crippen LogP contribution in [0.15, 0.2) is 29.2 Å². The second-order valence-corrected chi connectivity index (χ2v) is 5.58. The number of rotatable bonds is 4. The van der Waals surface area contributed by atoms with Gasteiger partial charge in [0, 0.05) is 18.0 Å². The molecule has 0 aliphatic carbocycles. The molecule has 1 aliphatic heterocycles. The van der Waals surface area contributed by atoms with E-state index in [1.807, 2.05) is 0 Å². The van der Waals surface area contributed by atoms with Gasteiger partial charge in [0.25, 0.3) is 0 Å². The Morgan fingerprint density at radius 2 is 2.20 bits per heavy atom. The molecule has 0 saturated carbocycles. The second kappa shape index (κ2) is 6.74. The van der Waals surface area contributed by atoms with Gasteiger partial charge in [0.2, 0.25) is 5.91 Å². The molecule has 1 aromatic rings. The van der Waals surface area contributed by atoms with Crippen LogP contribution in [0.5, 0.6) is 0 Å². The summed E-state index contributed by atoms with van der Waals surface area (Å²) in [6.07, 6.45) is 0.628. The molecule has 4 nitrogen and oxygen atoms in total. The van der Waals surface area contributed by atoms with Gasteiger partial charge < -0.3 is 9.64 Å². The standard InChI is InChI=1S/C14H16FNO3S/c1-19-14(18)10-6-7-16(8-10)13(17)9-20-12-5-3-2-4-11(12)15/h2-5,10H,6-9H2,1H3. The molecule has 1 atom stereocenters. The van der Waals surface area contributed by atoms with Crippen molar-refractivity contribution in [1.29, 1.82) is 0 Å². The van der Waals surface area contributed by atoms with Crippen LogP contribution < -0.4 is 0 Å². The average Bonchev–Trinajstić information content (AvgIpc) is 2.95. The first kappa shape index (κ1) is 14.8. The Hall–Kier alpha value is -1.56. The fourth-order valence-corrected chi connectivity index (χ4v) is 2.98. The summed E-state index contributed by atoms with van der Waals surface area (Å²) in [6.45, 7) is 0.944. The first-order valence-corrected chi connectivity index (χ1v) is 7.33. The Labute approximate surface area is 121 Å². The van der Waals surface area contributed by atoms with Gasteiger partial charge in [0.15, 0.2) is 0 Å². The molecule has 1 aliphatic rings. The molecule has 2 rings (SSSR count). The maximum atomic E-state index is 13.4. The predicted octanol–water partition coefficient (Wildman–Crippen LogP) is 1.94. The van der Waals surface area contributed by atoms with E-state index >= 15 is 0 Å². The van der Waals surface area contributed by atoms with Gasteiger partial charge in [0.1, 0.15) is 5.82 Å². The zero-order valence-corrected chi connectivity index (χ0v) is 12.0. The highest BCUT2D eigenvalue weighted by molar-refractivity contribution is 8.00. The van der Waals surface area contributed by atoms with E-state index in [1.165, 1.54) is 24.9 Å². The lowest BCUT2D eigenvalue weighted by atomic mass is 10.1. The highest BCUT2D eigenvalue weighted by Gasteiger charge is 2.31. The third kappa shape index (κ3) is 3.50. The summed E-state index contributed by atoms with van der Waals surface area (Å²) in [7, 11) is 1.35. The van der Waals surface area contributed by atoms with Crippen LogP contribution in [-0.2, 0) is 14.3 Å². The fourth-order valence-electron chi connectivity index (χ4n) is 2.14. The first-order chi connectivity index (χ1) is 9.61. The molecule has 1 unspecified atom stereocenters. The number of methoxy groups -OCH3 is 1. The van der Waals surface area contributed by atoms with Crippen LogP contribution in [-0.4, -0.2) is 42.7 Å². The number of carbonyl (C=O) groups excluding carboxylic acids is 2. The van der Waals surface area contributed by atoms with Crippen LogP contribution in [0.4, 0.5) is 4.39 Å². The quantitative estimate of drug-likeness (QED) is 0.629. The Balaban J connectivity index is 1.85. The van der Waals surface area contributed by atoms with Crippen molar-refractivity contribution in [2.24, 2.45) is 5.92 Å². The number of hydrogen-bond acceptors (Lipinski definition) is 4. The summed E-state index contributed by atoms with van der Waals surface area (Å²) in [6, 6.07) is 6.37. The predicted molar refractivity (Wildman–Crippen MR) is 73.8 cm³/mol. The van der Waals surface area contributed by atoms with E-state index in [0.29, 0.717) is 24.4 Å². The number of esters is 1. The van der Waals surface area contributed by atoms with E-state index in [0.717, 1.165) is 0 Å². The third-order valence-corrected chi connectivity index (χ3v) is 4.30. The number of amides is 1. The molecule has 108 valence electrons. The van der Waals surface area contributed by atoms with Crippen molar-refractivity contribution in [3.05, 3.63) is 30.1 Å². The highest BCUT2D eigenvalue weighted by atomic mass is 32.2. The van der Waals surface area contributed by atoms with E-state index in [2.05, 4.69) is 4.74 Å². The molecule has 20 heavy (non-hydrogen) atoms. The van der Waals surface area contributed by atoms with Gasteiger partial charge in [-0.05, 0) is 18.6 Å². The maximum absolute atomic E-state index is 13.4. The largest absolute Gasteiger partial charge is 0.469 e. The molecule has 0 aromatic heterocycles. The smallest absolute Gasteiger partial charge is 0.310 e. The van der Waals surface area contributed by atoms with Gasteiger partial charge in [-0.1, -0.05) is 12.1 Å². The molecule has 0 N–H and O–H groups in total. The third-order valence-electron chi connectivity index (χ3n) is 3.26. The highest BCUT2D eigenvalue weighted by Crippen LogP contribution is 2.23. The number of carbonyl (C=O) groups is 2. The summed E-state index contributed by atoms with van der Waals surface area (Å²) in [5.74, 6) is -0.734. The van der Waals surface area contributed by atoms with Crippen molar-refractivity contribution < 1.29 is 18.7 Å². The van der Waals surface area contributed by atoms with Crippen molar-refractivity contribution in [2.45, 2.75) is 11.3 Å². The van der Waals surface area contributed by atoms with Crippen LogP contribution in [0.25, 0.3) is 0 Å². The number of ether oxygens (including phenoxy) is 1. The van der Waals surface area contributed by atoms with Gasteiger partial charge in [-0.2, -0.15) is 0 Å². The van der Waals surface area contributed by atoms with Crippen molar-refractivity contribution >= 4 is 23.6 Å². The summed E-state index contributed by atoms with van der Waals surface area (Å²) in [4.78, 5) is 25.5. The molecule has 1 saturated heterocycles. The molecule has 1 aromatic carbocycles. The van der Waals surface area contributed by atoms with Crippen LogP contribution >= 0.6 is 11.8 Å². The molecular weight excluding hydrogens is 281 g/mol. The molecule has 1 amide bonds. The fraction of sp³-hybridized carbons (Fsp3) is 0.429. The number of nitrogens with zero attached hydrogens (tertiary/aromatic N) is 1. The molecule has 0 radical (unpaired) electrons. The van der Waals surface area contributed by atoms with Crippen molar-refractivity contribution in [1.82, 2.24) is 4.90 Å². The Morgan fingerprint density at radius 1 is 1.45 bits per heavy atom. The monoisotopic (exact) mass is 297 g/mol. The second-order valence-electron chi connectivity index (χ2n) is 4.57. The average molecular weight is 297 g/mol. The lowest BCUT2D eigenvalue weighted by Crippen LogP contribution is -2.31. The van der Waals surface area contributed by atoms with Gasteiger partial charge in [0.05, 0.1) is 18.8 Å². The molecule has 6 heteroatoms. The van der Waals surface area contributed by atoms with E-state index in [1.54, 1.807) is 23.1 Å². The van der Waals surface area contributed by atoms with Gasteiger partial charge in [-0.3, -0.25) is 9.59 Å². The van der Waals surface area contributed by atoms with Crippen LogP contribution in [0.2, 0.25) is 0 Å². The molecule has 1 heterocycles. The lowest BCUT2D eigenvalue weighted by Gasteiger charge is -2.15. The topological polar surface area (TPSA) is 46.6 Å². The van der Waals surface area contributed by atoms with Crippen LogP contribution in [0.1, 0.15) is 6.42 Å². The minimum absolute atomic E-state index is 0.0790. The zero-order valence-electron chi connectivity index (χ0n) is 11.2. The van der Waals surface area contributed by atoms with Crippen molar-refractivity contribution in [3.63, 3.8) is 0 Å². The molecule has 0 spiro atoms. The normalized spacial score (nSPS) is 18.1. The van der Waals surface area contributed by atoms with Gasteiger partial charge in [-0.25, -0.2) is 4.39 Å². The van der Waals surface area contributed by atoms with Gasteiger partial charge in [-0.15, -0.1) is 11.8 Å². The van der Waals surface area contributed by atoms with E-state index in [-0.39, 0.29) is 29.4 Å². The van der Waals surface area contributed by atoms with E-state index in [9.17, 15) is 14.0 Å². The summed E-state index contributed by atoms with van der Waals surface area (Å²) in [5, 5.41) is 0. The first-order valence-electron chi connectivity index (χ1n) is 6.34. The van der Waals surface area contributed by atoms with Gasteiger partial charge >= 0.3 is 5.97 Å². The van der Waals surface area contributed by atoms with Crippen LogP contribution in [0, 0.1) is 11.7 Å². The van der Waals surface area contributed by atoms with E-state index in [4.69, 9.17) is 0 Å². The minimum Gasteiger partial charge on any atom is -0.469 e. The Morgan fingerprint density at radius 3 is 2.90 bits per heavy atom. The maximum Gasteiger partial charge on any atom is 0.310 e. The minimum atomic E-state index is -0.320. The molecule has 0 bridgehead atoms. The summed E-state index contributed by atoms with van der Waals surface area (Å²) in [5.41, 5.74) is 0. The van der Waals surface area contributed by atoms with Crippen molar-refractivity contribution in [2.75, 3.05) is 26.0 Å². The molecular formula is C14H16FNO3S. The van der Waals surface area contributed by atoms with Crippen molar-refractivity contribution in [3.8, 4) is 0 Å². The Kier molecular flexibility index (Phi) is 5.00. The number of thioether (sulfide) groups is 1. The Bertz CT molecular complexity index is 509. The summed E-state index contributed by atoms with van der Waals surface area (Å²) < 4.78 is 18.1. The number of halogens is 1. The number of likely N-dealkylation sites (tertiary alicyclic amines) is 1. The zero-order chi connectivity index (χ0) is 14.5. The lowest BCUT2D eigenvalue weighted by molar-refractivity contribution is -0.145. The number of benzene rings is 1. The molecule has 1 fully saturated rings. The summed E-state index contributed by atoms with van der Waals surface area (Å²) >= 11 is 1.17. The van der Waals surface area contributed by atoms with E-state index < -0.39 is 0 Å².